The van der Waals surface area contributed by atoms with Crippen LogP contribution in [-0.2, 0) is 22.6 Å². The first kappa shape index (κ1) is 27.2. The maximum Gasteiger partial charge on any atom is 0.270 e. The summed E-state index contributed by atoms with van der Waals surface area (Å²) < 4.78 is 26.5. The maximum absolute atomic E-state index is 14.5. The number of thiocarbonyl (C=S) groups is 1. The number of hydrogen-bond acceptors (Lipinski definition) is 6. The molecule has 1 aliphatic heterocycles. The van der Waals surface area contributed by atoms with Crippen LogP contribution in [0.15, 0.2) is 78.9 Å². The van der Waals surface area contributed by atoms with Crippen molar-refractivity contribution in [3.05, 3.63) is 107 Å². The van der Waals surface area contributed by atoms with Crippen LogP contribution in [0.2, 0.25) is 0 Å². The van der Waals surface area contributed by atoms with E-state index in [1.807, 2.05) is 19.1 Å². The third-order valence-corrected chi connectivity index (χ3v) is 6.12. The number of para-hydroxylation sites is 1. The molecule has 2 amide bonds. The van der Waals surface area contributed by atoms with Gasteiger partial charge in [-0.1, -0.05) is 36.4 Å². The minimum absolute atomic E-state index is 0.0675. The average Bonchev–Trinajstić information content (AvgIpc) is 2.92. The first-order chi connectivity index (χ1) is 18.9. The van der Waals surface area contributed by atoms with Crippen molar-refractivity contribution in [1.29, 1.82) is 5.26 Å². The predicted octanol–water partition coefficient (Wildman–Crippen LogP) is 5.23. The number of nitrogens with zero attached hydrogens (tertiary/aromatic N) is 2. The van der Waals surface area contributed by atoms with Crippen LogP contribution in [0.1, 0.15) is 29.2 Å². The lowest BCUT2D eigenvalue weighted by molar-refractivity contribution is -0.122. The molecule has 9 heteroatoms. The highest BCUT2D eigenvalue weighted by atomic mass is 32.1. The summed E-state index contributed by atoms with van der Waals surface area (Å²) in [4.78, 5) is 27.1. The highest BCUT2D eigenvalue weighted by Crippen LogP contribution is 2.36. The second kappa shape index (κ2) is 12.2. The van der Waals surface area contributed by atoms with Crippen molar-refractivity contribution < 1.29 is 23.5 Å². The van der Waals surface area contributed by atoms with E-state index in [-0.39, 0.29) is 23.0 Å². The molecule has 0 aliphatic carbocycles. The van der Waals surface area contributed by atoms with Crippen molar-refractivity contribution in [1.82, 2.24) is 5.32 Å². The molecule has 3 aromatic carbocycles. The van der Waals surface area contributed by atoms with Crippen molar-refractivity contribution in [3.63, 3.8) is 0 Å². The molecular formula is C30H24FN3O4S. The number of allylic oxidation sites excluding steroid dienone is 1. The van der Waals surface area contributed by atoms with Crippen molar-refractivity contribution in [2.75, 3.05) is 11.5 Å². The Balaban J connectivity index is 1.74. The highest BCUT2D eigenvalue weighted by Gasteiger charge is 2.35. The number of hydrogen-bond donors (Lipinski definition) is 1. The van der Waals surface area contributed by atoms with E-state index in [1.54, 1.807) is 36.4 Å². The monoisotopic (exact) mass is 541 g/mol. The molecule has 0 spiro atoms. The molecule has 0 radical (unpaired) electrons. The fourth-order valence-corrected chi connectivity index (χ4v) is 4.36. The second-order valence-corrected chi connectivity index (χ2v) is 8.79. The maximum atomic E-state index is 14.5. The zero-order chi connectivity index (χ0) is 27.9. The largest absolute Gasteiger partial charge is 0.490 e. The van der Waals surface area contributed by atoms with Crippen molar-refractivity contribution in [3.8, 4) is 17.6 Å². The number of nitriles is 1. The fourth-order valence-electron chi connectivity index (χ4n) is 4.08. The minimum atomic E-state index is -0.759. The first-order valence-corrected chi connectivity index (χ1v) is 12.5. The Morgan fingerprint density at radius 2 is 1.85 bits per heavy atom. The van der Waals surface area contributed by atoms with Gasteiger partial charge in [-0.15, -0.1) is 6.58 Å². The van der Waals surface area contributed by atoms with E-state index in [9.17, 15) is 19.2 Å². The van der Waals surface area contributed by atoms with Crippen molar-refractivity contribution >= 4 is 40.9 Å². The van der Waals surface area contributed by atoms with Crippen LogP contribution in [-0.4, -0.2) is 23.5 Å². The smallest absolute Gasteiger partial charge is 0.270 e. The van der Waals surface area contributed by atoms with E-state index in [4.69, 9.17) is 21.7 Å². The van der Waals surface area contributed by atoms with E-state index >= 15 is 0 Å². The fraction of sp³-hybridized carbons (Fsp3) is 0.133. The summed E-state index contributed by atoms with van der Waals surface area (Å²) in [5.74, 6) is -1.27. The Morgan fingerprint density at radius 1 is 1.10 bits per heavy atom. The topological polar surface area (TPSA) is 91.7 Å². The number of rotatable bonds is 9. The Hall–Kier alpha value is -4.81. The van der Waals surface area contributed by atoms with Gasteiger partial charge in [-0.3, -0.25) is 14.9 Å². The molecular weight excluding hydrogens is 517 g/mol. The number of anilines is 1. The second-order valence-electron chi connectivity index (χ2n) is 8.40. The van der Waals surface area contributed by atoms with Gasteiger partial charge in [0.05, 0.1) is 23.9 Å². The van der Waals surface area contributed by atoms with Gasteiger partial charge in [-0.25, -0.2) is 9.29 Å². The third-order valence-electron chi connectivity index (χ3n) is 5.83. The van der Waals surface area contributed by atoms with Gasteiger partial charge in [0, 0.05) is 11.1 Å². The zero-order valence-corrected chi connectivity index (χ0v) is 21.9. The van der Waals surface area contributed by atoms with E-state index < -0.39 is 17.6 Å². The van der Waals surface area contributed by atoms with Crippen LogP contribution in [0, 0.1) is 17.1 Å². The quantitative estimate of drug-likeness (QED) is 0.173. The minimum Gasteiger partial charge on any atom is -0.490 e. The summed E-state index contributed by atoms with van der Waals surface area (Å²) in [6, 6.07) is 18.3. The van der Waals surface area contributed by atoms with E-state index in [1.165, 1.54) is 24.3 Å². The van der Waals surface area contributed by atoms with Gasteiger partial charge < -0.3 is 9.47 Å². The molecule has 0 bridgehead atoms. The molecule has 0 aromatic heterocycles. The van der Waals surface area contributed by atoms with Gasteiger partial charge in [-0.2, -0.15) is 5.26 Å². The molecule has 1 fully saturated rings. The summed E-state index contributed by atoms with van der Waals surface area (Å²) in [5, 5.41) is 11.7. The molecule has 0 unspecified atom stereocenters. The van der Waals surface area contributed by atoms with Crippen LogP contribution in [0.4, 0.5) is 10.1 Å². The van der Waals surface area contributed by atoms with Gasteiger partial charge in [0.25, 0.3) is 11.8 Å². The molecule has 196 valence electrons. The number of amides is 2. The molecule has 1 N–H and O–H groups in total. The Bertz CT molecular complexity index is 1540. The lowest BCUT2D eigenvalue weighted by Gasteiger charge is -2.29. The van der Waals surface area contributed by atoms with E-state index in [0.29, 0.717) is 46.8 Å². The number of ether oxygens (including phenoxy) is 2. The standard InChI is InChI=1S/C30H24FN3O4S/c1-3-9-20-14-19(16-26(37-4-2)27(20)38-18-22-11-6-5-10-21(22)17-32)15-23-28(35)33-30(39)34(29(23)36)25-13-8-7-12-24(25)31/h3,5-8,10-16H,1,4,9,18H2,2H3,(H,33,35,39)/b23-15+. The van der Waals surface area contributed by atoms with Gasteiger partial charge in [-0.05, 0) is 67.5 Å². The molecule has 1 heterocycles. The average molecular weight is 542 g/mol. The van der Waals surface area contributed by atoms with Gasteiger partial charge in [0.2, 0.25) is 0 Å². The Morgan fingerprint density at radius 3 is 2.56 bits per heavy atom. The molecule has 1 aliphatic rings. The van der Waals surface area contributed by atoms with Gasteiger partial charge in [0.15, 0.2) is 16.6 Å². The molecule has 4 rings (SSSR count). The summed E-state index contributed by atoms with van der Waals surface area (Å²) in [6.45, 7) is 6.09. The van der Waals surface area contributed by atoms with Crippen molar-refractivity contribution in [2.24, 2.45) is 0 Å². The van der Waals surface area contributed by atoms with Gasteiger partial charge in [0.1, 0.15) is 18.0 Å². The molecule has 0 saturated carbocycles. The lowest BCUT2D eigenvalue weighted by atomic mass is 10.0. The Labute approximate surface area is 230 Å². The summed E-state index contributed by atoms with van der Waals surface area (Å²) >= 11 is 5.17. The number of halogens is 1. The number of benzene rings is 3. The zero-order valence-electron chi connectivity index (χ0n) is 21.1. The van der Waals surface area contributed by atoms with Crippen LogP contribution >= 0.6 is 12.2 Å². The number of nitrogens with one attached hydrogen (secondary N) is 1. The number of carbonyl (C=O) groups is 2. The molecule has 39 heavy (non-hydrogen) atoms. The summed E-state index contributed by atoms with van der Waals surface area (Å²) in [6.07, 6.45) is 3.49. The molecule has 0 atom stereocenters. The first-order valence-electron chi connectivity index (χ1n) is 12.0. The third kappa shape index (κ3) is 5.87. The number of carbonyl (C=O) groups excluding carboxylic acids is 2. The lowest BCUT2D eigenvalue weighted by Crippen LogP contribution is -2.54. The van der Waals surface area contributed by atoms with Crippen LogP contribution in [0.3, 0.4) is 0 Å². The van der Waals surface area contributed by atoms with E-state index in [0.717, 1.165) is 4.90 Å². The normalized spacial score (nSPS) is 14.1. The van der Waals surface area contributed by atoms with Crippen LogP contribution in [0.25, 0.3) is 6.08 Å². The highest BCUT2D eigenvalue weighted by molar-refractivity contribution is 7.80. The predicted molar refractivity (Wildman–Crippen MR) is 150 cm³/mol. The van der Waals surface area contributed by atoms with E-state index in [2.05, 4.69) is 18.0 Å². The summed E-state index contributed by atoms with van der Waals surface area (Å²) in [5.41, 5.74) is 2.10. The van der Waals surface area contributed by atoms with Gasteiger partial charge >= 0.3 is 0 Å². The Kier molecular flexibility index (Phi) is 8.49. The van der Waals surface area contributed by atoms with Crippen LogP contribution < -0.4 is 19.7 Å². The molecule has 3 aromatic rings. The molecule has 1 saturated heterocycles. The van der Waals surface area contributed by atoms with Crippen LogP contribution in [0.5, 0.6) is 11.5 Å². The molecule has 7 nitrogen and oxygen atoms in total. The van der Waals surface area contributed by atoms with Crippen molar-refractivity contribution in [2.45, 2.75) is 20.0 Å². The SMILES string of the molecule is C=CCc1cc(/C=C2\C(=O)NC(=S)N(c3ccccc3F)C2=O)cc(OCC)c1OCc1ccccc1C#N. The summed E-state index contributed by atoms with van der Waals surface area (Å²) in [7, 11) is 0.